The van der Waals surface area contributed by atoms with Gasteiger partial charge in [0.25, 0.3) is 5.88 Å². The number of hydrogen-bond acceptors (Lipinski definition) is 4. The number of aryl methyl sites for hydroxylation is 1. The van der Waals surface area contributed by atoms with Crippen LogP contribution >= 0.6 is 0 Å². The van der Waals surface area contributed by atoms with Crippen molar-refractivity contribution in [3.63, 3.8) is 0 Å². The molecule has 5 heteroatoms. The van der Waals surface area contributed by atoms with Crippen molar-refractivity contribution in [2.24, 2.45) is 0 Å². The molecule has 0 radical (unpaired) electrons. The maximum absolute atomic E-state index is 10.7. The minimum absolute atomic E-state index is 0.0625. The minimum Gasteiger partial charge on any atom is -0.472 e. The number of hydrogen-bond donors (Lipinski definition) is 0. The third-order valence-corrected chi connectivity index (χ3v) is 1.73. The third kappa shape index (κ3) is 3.05. The van der Waals surface area contributed by atoms with Crippen molar-refractivity contribution < 1.29 is 9.66 Å². The Morgan fingerprint density at radius 1 is 1.73 bits per heavy atom. The second kappa shape index (κ2) is 5.09. The lowest BCUT2D eigenvalue weighted by Crippen LogP contribution is -2.02. The van der Waals surface area contributed by atoms with Crippen LogP contribution in [0, 0.1) is 17.0 Å². The van der Waals surface area contributed by atoms with Crippen molar-refractivity contribution in [2.45, 2.75) is 13.3 Å². The Labute approximate surface area is 87.6 Å². The lowest BCUT2D eigenvalue weighted by molar-refractivity contribution is -0.386. The van der Waals surface area contributed by atoms with Gasteiger partial charge in [-0.25, -0.2) is 4.98 Å². The van der Waals surface area contributed by atoms with Gasteiger partial charge < -0.3 is 4.74 Å². The Morgan fingerprint density at radius 3 is 3.07 bits per heavy atom. The molecule has 1 aromatic rings. The van der Waals surface area contributed by atoms with Crippen LogP contribution < -0.4 is 4.74 Å². The van der Waals surface area contributed by atoms with E-state index in [9.17, 15) is 10.1 Å². The van der Waals surface area contributed by atoms with E-state index in [0.29, 0.717) is 13.0 Å². The minimum atomic E-state index is -0.497. The highest BCUT2D eigenvalue weighted by molar-refractivity contribution is 5.42. The first-order valence-corrected chi connectivity index (χ1v) is 4.50. The topological polar surface area (TPSA) is 65.3 Å². The molecule has 0 aliphatic heterocycles. The average molecular weight is 208 g/mol. The van der Waals surface area contributed by atoms with Crippen LogP contribution in [0.3, 0.4) is 0 Å². The third-order valence-electron chi connectivity index (χ3n) is 1.73. The van der Waals surface area contributed by atoms with Gasteiger partial charge in [0, 0.05) is 12.3 Å². The van der Waals surface area contributed by atoms with Gasteiger partial charge in [0.15, 0.2) is 0 Å². The Hall–Kier alpha value is -1.91. The van der Waals surface area contributed by atoms with Crippen molar-refractivity contribution >= 4 is 5.69 Å². The van der Waals surface area contributed by atoms with Crippen molar-refractivity contribution in [2.75, 3.05) is 6.61 Å². The van der Waals surface area contributed by atoms with Gasteiger partial charge in [-0.2, -0.15) is 0 Å². The maximum atomic E-state index is 10.7. The first-order valence-electron chi connectivity index (χ1n) is 4.50. The lowest BCUT2D eigenvalue weighted by Gasteiger charge is -2.04. The largest absolute Gasteiger partial charge is 0.472 e. The van der Waals surface area contributed by atoms with E-state index in [4.69, 9.17) is 4.74 Å². The zero-order chi connectivity index (χ0) is 11.3. The van der Waals surface area contributed by atoms with Gasteiger partial charge in [0.1, 0.15) is 0 Å². The quantitative estimate of drug-likeness (QED) is 0.322. The summed E-state index contributed by atoms with van der Waals surface area (Å²) in [5.41, 5.74) is 0.636. The average Bonchev–Trinajstić information content (AvgIpc) is 2.20. The second-order valence-electron chi connectivity index (χ2n) is 3.02. The first kappa shape index (κ1) is 11.2. The van der Waals surface area contributed by atoms with E-state index in [1.54, 1.807) is 13.0 Å². The Balaban J connectivity index is 2.85. The molecule has 5 nitrogen and oxygen atoms in total. The van der Waals surface area contributed by atoms with Crippen molar-refractivity contribution in [1.29, 1.82) is 0 Å². The fraction of sp³-hybridized carbons (Fsp3) is 0.300. The van der Waals surface area contributed by atoms with E-state index >= 15 is 0 Å². The molecule has 80 valence electrons. The van der Waals surface area contributed by atoms with Gasteiger partial charge in [-0.05, 0) is 18.9 Å². The highest BCUT2D eigenvalue weighted by Crippen LogP contribution is 2.24. The molecule has 0 bridgehead atoms. The molecule has 0 fully saturated rings. The lowest BCUT2D eigenvalue weighted by atomic mass is 10.3. The van der Waals surface area contributed by atoms with E-state index in [2.05, 4.69) is 11.6 Å². The number of nitrogens with zero attached hydrogens (tertiary/aromatic N) is 2. The van der Waals surface area contributed by atoms with Crippen molar-refractivity contribution in [3.05, 3.63) is 40.6 Å². The molecule has 0 unspecified atom stereocenters. The molecular weight excluding hydrogens is 196 g/mol. The summed E-state index contributed by atoms with van der Waals surface area (Å²) in [6.45, 7) is 5.62. The summed E-state index contributed by atoms with van der Waals surface area (Å²) in [6, 6.07) is 1.44. The van der Waals surface area contributed by atoms with Crippen molar-refractivity contribution in [3.8, 4) is 5.88 Å². The van der Waals surface area contributed by atoms with Crippen LogP contribution in [-0.2, 0) is 0 Å². The summed E-state index contributed by atoms with van der Waals surface area (Å²) < 4.78 is 5.17. The summed E-state index contributed by atoms with van der Waals surface area (Å²) in [5, 5.41) is 10.7. The van der Waals surface area contributed by atoms with E-state index < -0.39 is 4.92 Å². The second-order valence-corrected chi connectivity index (χ2v) is 3.02. The van der Waals surface area contributed by atoms with Crippen LogP contribution in [0.15, 0.2) is 24.9 Å². The van der Waals surface area contributed by atoms with E-state index in [1.165, 1.54) is 12.3 Å². The maximum Gasteiger partial charge on any atom is 0.331 e. The van der Waals surface area contributed by atoms with E-state index in [0.717, 1.165) is 5.56 Å². The molecule has 1 aromatic heterocycles. The van der Waals surface area contributed by atoms with Crippen LogP contribution in [-0.4, -0.2) is 16.5 Å². The normalized spacial score (nSPS) is 9.67. The molecule has 1 heterocycles. The molecule has 0 N–H and O–H groups in total. The van der Waals surface area contributed by atoms with E-state index in [1.807, 2.05) is 0 Å². The fourth-order valence-corrected chi connectivity index (χ4v) is 1.02. The zero-order valence-electron chi connectivity index (χ0n) is 8.47. The highest BCUT2D eigenvalue weighted by Gasteiger charge is 2.16. The van der Waals surface area contributed by atoms with Gasteiger partial charge in [-0.15, -0.1) is 6.58 Å². The van der Waals surface area contributed by atoms with Crippen LogP contribution in [0.25, 0.3) is 0 Å². The van der Waals surface area contributed by atoms with Crippen LogP contribution in [0.1, 0.15) is 12.0 Å². The number of rotatable bonds is 5. The molecule has 1 rings (SSSR count). The summed E-state index contributed by atoms with van der Waals surface area (Å²) in [4.78, 5) is 14.0. The number of nitro groups is 1. The first-order chi connectivity index (χ1) is 7.15. The SMILES string of the molecule is C=CCCOc1ncc(C)cc1[N+](=O)[O-]. The number of ether oxygens (including phenoxy) is 1. The highest BCUT2D eigenvalue weighted by atomic mass is 16.6. The Morgan fingerprint density at radius 2 is 2.47 bits per heavy atom. The van der Waals surface area contributed by atoms with Gasteiger partial charge in [-0.3, -0.25) is 10.1 Å². The molecule has 0 aliphatic rings. The van der Waals surface area contributed by atoms with Gasteiger partial charge in [-0.1, -0.05) is 6.08 Å². The number of pyridine rings is 1. The summed E-state index contributed by atoms with van der Waals surface area (Å²) in [7, 11) is 0. The standard InChI is InChI=1S/C10H12N2O3/c1-3-4-5-15-10-9(12(13)14)6-8(2)7-11-10/h3,6-7H,1,4-5H2,2H3. The predicted octanol–water partition coefficient (Wildman–Crippen LogP) is 2.25. The van der Waals surface area contributed by atoms with Crippen LogP contribution in [0.4, 0.5) is 5.69 Å². The van der Waals surface area contributed by atoms with Crippen LogP contribution in [0.2, 0.25) is 0 Å². The predicted molar refractivity (Wildman–Crippen MR) is 55.9 cm³/mol. The van der Waals surface area contributed by atoms with E-state index in [-0.39, 0.29) is 11.6 Å². The molecule has 0 saturated heterocycles. The fourth-order valence-electron chi connectivity index (χ4n) is 1.02. The monoisotopic (exact) mass is 208 g/mol. The molecule has 15 heavy (non-hydrogen) atoms. The van der Waals surface area contributed by atoms with Gasteiger partial charge >= 0.3 is 5.69 Å². The molecule has 0 aliphatic carbocycles. The van der Waals surface area contributed by atoms with Gasteiger partial charge in [0.05, 0.1) is 11.5 Å². The molecule has 0 amide bonds. The summed E-state index contributed by atoms with van der Waals surface area (Å²) >= 11 is 0. The molecule has 0 atom stereocenters. The van der Waals surface area contributed by atoms with Gasteiger partial charge in [0.2, 0.25) is 0 Å². The number of aromatic nitrogens is 1. The summed E-state index contributed by atoms with van der Waals surface area (Å²) in [5.74, 6) is 0.0625. The molecule has 0 saturated carbocycles. The molecular formula is C10H12N2O3. The molecule has 0 spiro atoms. The van der Waals surface area contributed by atoms with Crippen molar-refractivity contribution in [1.82, 2.24) is 4.98 Å². The zero-order valence-corrected chi connectivity index (χ0v) is 8.47. The molecule has 0 aromatic carbocycles. The van der Waals surface area contributed by atoms with Crippen LogP contribution in [0.5, 0.6) is 5.88 Å². The summed E-state index contributed by atoms with van der Waals surface area (Å²) in [6.07, 6.45) is 3.85. The smallest absolute Gasteiger partial charge is 0.331 e. The Bertz CT molecular complexity index is 377. The Kier molecular flexibility index (Phi) is 3.79.